The van der Waals surface area contributed by atoms with Crippen LogP contribution in [0.15, 0.2) is 23.3 Å². The maximum Gasteiger partial charge on any atom is 1.00 e. The van der Waals surface area contributed by atoms with Gasteiger partial charge in [0.1, 0.15) is 0 Å². The van der Waals surface area contributed by atoms with Crippen molar-refractivity contribution in [2.24, 2.45) is 0 Å². The first-order chi connectivity index (χ1) is 3.80. The van der Waals surface area contributed by atoms with Gasteiger partial charge in [0.2, 0.25) is 0 Å². The molecule has 0 fully saturated rings. The minimum Gasteiger partial charge on any atom is -1.00 e. The maximum atomic E-state index is 2.24. The van der Waals surface area contributed by atoms with Gasteiger partial charge in [-0.15, -0.1) is 0 Å². The van der Waals surface area contributed by atoms with Crippen molar-refractivity contribution in [3.63, 3.8) is 0 Å². The summed E-state index contributed by atoms with van der Waals surface area (Å²) in [5.74, 6) is 0. The number of hydrogen-bond acceptors (Lipinski definition) is 0. The zero-order chi connectivity index (χ0) is 5.98. The fraction of sp³-hybridized carbons (Fsp3) is 0.500. The fourth-order valence-electron chi connectivity index (χ4n) is 0.899. The summed E-state index contributed by atoms with van der Waals surface area (Å²) in [6.07, 6.45) is 6.95. The van der Waals surface area contributed by atoms with Crippen LogP contribution in [-0.4, -0.2) is 0 Å². The summed E-state index contributed by atoms with van der Waals surface area (Å²) >= 11 is 0. The zero-order valence-corrected chi connectivity index (χ0v) is 9.69. The second-order valence-corrected chi connectivity index (χ2v) is 2.40. The molecule has 0 unspecified atom stereocenters. The number of hydrogen-bond donors (Lipinski definition) is 0. The van der Waals surface area contributed by atoms with E-state index >= 15 is 0 Å². The van der Waals surface area contributed by atoms with Crippen molar-refractivity contribution in [3.05, 3.63) is 23.3 Å². The van der Waals surface area contributed by atoms with Crippen molar-refractivity contribution < 1.29 is 52.8 Å². The van der Waals surface area contributed by atoms with E-state index in [2.05, 4.69) is 26.0 Å². The quantitative estimate of drug-likeness (QED) is 0.417. The topological polar surface area (TPSA) is 0 Å². The van der Waals surface area contributed by atoms with Gasteiger partial charge in [0, 0.05) is 0 Å². The smallest absolute Gasteiger partial charge is 1.00 e. The molecule has 0 heterocycles. The molecule has 0 spiro atoms. The van der Waals surface area contributed by atoms with Gasteiger partial charge in [0.15, 0.2) is 0 Å². The van der Waals surface area contributed by atoms with Crippen LogP contribution in [0, 0.1) is 0 Å². The molecule has 0 aromatic carbocycles. The van der Waals surface area contributed by atoms with E-state index in [0.29, 0.717) is 0 Å². The normalized spacial score (nSPS) is 17.6. The van der Waals surface area contributed by atoms with Crippen LogP contribution in [0.5, 0.6) is 0 Å². The van der Waals surface area contributed by atoms with Gasteiger partial charge < -0.3 is 1.43 Å². The predicted molar refractivity (Wildman–Crippen MR) is 37.9 cm³/mol. The Kier molecular flexibility index (Phi) is 5.46. The molecule has 0 aromatic heterocycles. The van der Waals surface area contributed by atoms with Crippen LogP contribution in [0.3, 0.4) is 0 Å². The van der Waals surface area contributed by atoms with Gasteiger partial charge in [-0.2, -0.15) is 0 Å². The molecule has 1 heteroatoms. The summed E-state index contributed by atoms with van der Waals surface area (Å²) in [6.45, 7) is 4.38. The van der Waals surface area contributed by atoms with Crippen LogP contribution in [0.25, 0.3) is 0 Å². The van der Waals surface area contributed by atoms with Gasteiger partial charge in [-0.05, 0) is 26.7 Å². The molecule has 1 aliphatic carbocycles. The minimum atomic E-state index is 0. The fourth-order valence-corrected chi connectivity index (χ4v) is 0.899. The third-order valence-electron chi connectivity index (χ3n) is 1.73. The Labute approximate surface area is 101 Å². The SMILES string of the molecule is CC1=C(C)CCC=C1.[H-].[K+]. The van der Waals surface area contributed by atoms with Gasteiger partial charge in [0.05, 0.1) is 0 Å². The van der Waals surface area contributed by atoms with E-state index in [1.54, 1.807) is 5.57 Å². The Morgan fingerprint density at radius 3 is 2.44 bits per heavy atom. The first-order valence-corrected chi connectivity index (χ1v) is 3.13. The van der Waals surface area contributed by atoms with Crippen molar-refractivity contribution in [2.75, 3.05) is 0 Å². The minimum absolute atomic E-state index is 0. The summed E-state index contributed by atoms with van der Waals surface area (Å²) in [6, 6.07) is 0. The van der Waals surface area contributed by atoms with Gasteiger partial charge >= 0.3 is 51.4 Å². The van der Waals surface area contributed by atoms with E-state index in [4.69, 9.17) is 0 Å². The molecule has 0 atom stereocenters. The second kappa shape index (κ2) is 4.86. The molecule has 1 aliphatic rings. The molecule has 0 radical (unpaired) electrons. The van der Waals surface area contributed by atoms with Crippen molar-refractivity contribution in [3.8, 4) is 0 Å². The molecule has 0 nitrogen and oxygen atoms in total. The molecule has 46 valence electrons. The van der Waals surface area contributed by atoms with Crippen molar-refractivity contribution >= 4 is 0 Å². The van der Waals surface area contributed by atoms with Gasteiger partial charge in [-0.1, -0.05) is 23.3 Å². The van der Waals surface area contributed by atoms with Crippen LogP contribution in [0.1, 0.15) is 28.1 Å². The standard InChI is InChI=1S/C8H12.K.H/c1-7-5-3-4-6-8(7)2;;/h3,5H,4,6H2,1-2H3;;/q;+1;-1. The van der Waals surface area contributed by atoms with Crippen LogP contribution in [0.2, 0.25) is 0 Å². The molecule has 0 aromatic rings. The molecule has 1 rings (SSSR count). The third-order valence-corrected chi connectivity index (χ3v) is 1.73. The summed E-state index contributed by atoms with van der Waals surface area (Å²) < 4.78 is 0. The average molecular weight is 148 g/mol. The maximum absolute atomic E-state index is 2.24. The molecule has 0 bridgehead atoms. The van der Waals surface area contributed by atoms with E-state index in [-0.39, 0.29) is 52.8 Å². The zero-order valence-electron chi connectivity index (χ0n) is 7.57. The summed E-state index contributed by atoms with van der Waals surface area (Å²) in [5.41, 5.74) is 3.00. The molecule has 9 heavy (non-hydrogen) atoms. The molecule has 0 saturated carbocycles. The van der Waals surface area contributed by atoms with E-state index < -0.39 is 0 Å². The Bertz CT molecular complexity index is 147. The molecule has 0 aliphatic heterocycles. The Balaban J connectivity index is 0. The van der Waals surface area contributed by atoms with E-state index in [1.807, 2.05) is 0 Å². The van der Waals surface area contributed by atoms with Crippen LogP contribution in [-0.2, 0) is 0 Å². The van der Waals surface area contributed by atoms with Crippen molar-refractivity contribution in [1.82, 2.24) is 0 Å². The Morgan fingerprint density at radius 2 is 2.11 bits per heavy atom. The Morgan fingerprint density at radius 1 is 1.44 bits per heavy atom. The average Bonchev–Trinajstić information content (AvgIpc) is 1.77. The molecule has 0 amide bonds. The molecular formula is C8H13K. The summed E-state index contributed by atoms with van der Waals surface area (Å²) in [7, 11) is 0. The predicted octanol–water partition coefficient (Wildman–Crippen LogP) is -0.211. The van der Waals surface area contributed by atoms with Crippen LogP contribution in [0.4, 0.5) is 0 Å². The monoisotopic (exact) mass is 148 g/mol. The largest absolute Gasteiger partial charge is 1.00 e. The van der Waals surface area contributed by atoms with E-state index in [0.717, 1.165) is 0 Å². The molecule has 0 saturated heterocycles. The van der Waals surface area contributed by atoms with E-state index in [9.17, 15) is 0 Å². The van der Waals surface area contributed by atoms with Crippen molar-refractivity contribution in [1.29, 1.82) is 0 Å². The van der Waals surface area contributed by atoms with Gasteiger partial charge in [-0.3, -0.25) is 0 Å². The van der Waals surface area contributed by atoms with Crippen LogP contribution >= 0.6 is 0 Å². The van der Waals surface area contributed by atoms with E-state index in [1.165, 1.54) is 18.4 Å². The Hall–Kier alpha value is 1.12. The number of rotatable bonds is 0. The van der Waals surface area contributed by atoms with Gasteiger partial charge in [0.25, 0.3) is 0 Å². The van der Waals surface area contributed by atoms with Crippen molar-refractivity contribution in [2.45, 2.75) is 26.7 Å². The van der Waals surface area contributed by atoms with Crippen LogP contribution < -0.4 is 51.4 Å². The first kappa shape index (κ1) is 10.1. The van der Waals surface area contributed by atoms with Gasteiger partial charge in [-0.25, -0.2) is 0 Å². The molecular weight excluding hydrogens is 135 g/mol. The third kappa shape index (κ3) is 3.14. The second-order valence-electron chi connectivity index (χ2n) is 2.40. The summed E-state index contributed by atoms with van der Waals surface area (Å²) in [5, 5.41) is 0. The molecule has 0 N–H and O–H groups in total. The number of allylic oxidation sites excluding steroid dienone is 4. The first-order valence-electron chi connectivity index (χ1n) is 3.13. The summed E-state index contributed by atoms with van der Waals surface area (Å²) in [4.78, 5) is 0.